The zero-order chi connectivity index (χ0) is 61.8. The average molecular weight is 1160 g/mol. The van der Waals surface area contributed by atoms with Crippen LogP contribution in [0.5, 0.6) is 5.75 Å². The topological polar surface area (TPSA) is 383 Å². The van der Waals surface area contributed by atoms with E-state index in [2.05, 4.69) is 47.9 Å². The van der Waals surface area contributed by atoms with Gasteiger partial charge < -0.3 is 68.9 Å². The first-order chi connectivity index (χ1) is 39.2. The molecule has 83 heavy (non-hydrogen) atoms. The number of primary amides is 1. The Morgan fingerprint density at radius 1 is 0.530 bits per heavy atom. The second kappa shape index (κ2) is 34.8. The first-order valence-corrected chi connectivity index (χ1v) is 27.9. The Kier molecular flexibility index (Phi) is 28.9. The smallest absolute Gasteiger partial charge is 0.313 e. The van der Waals surface area contributed by atoms with E-state index in [1.807, 2.05) is 30.3 Å². The lowest BCUT2D eigenvalue weighted by Crippen LogP contribution is -2.60. The average Bonchev–Trinajstić information content (AvgIpc) is 3.57. The molecule has 0 spiro atoms. The van der Waals surface area contributed by atoms with E-state index >= 15 is 0 Å². The lowest BCUT2D eigenvalue weighted by Gasteiger charge is -2.28. The van der Waals surface area contributed by atoms with Gasteiger partial charge in [-0.05, 0) is 92.0 Å². The van der Waals surface area contributed by atoms with E-state index in [-0.39, 0.29) is 69.7 Å². The minimum absolute atomic E-state index is 0.00990. The van der Waals surface area contributed by atoms with Gasteiger partial charge in [-0.3, -0.25) is 52.7 Å². The summed E-state index contributed by atoms with van der Waals surface area (Å²) in [5.41, 5.74) is 5.98. The summed E-state index contributed by atoms with van der Waals surface area (Å²) >= 11 is 0. The van der Waals surface area contributed by atoms with Crippen molar-refractivity contribution in [1.29, 1.82) is 0 Å². The fraction of sp³-hybridized carbons (Fsp3) is 0.508. The second-order valence-corrected chi connectivity index (χ2v) is 21.8. The standard InChI is InChI=1S/C59H84N10O14/c1-35(2)30-44(67-57(81)51(37(5)6)69-47(72)33-61-32-39-16-10-8-11-17-39)56(80)64-42(20-14-15-29-62-46(71)27-28-59(7,58(82)83)40-18-12-9-13-19-40)54(78)65-43(25-26-49(74)75)55(79)66-45(31-38-21-23-41(70)24-22-38)53(77)63-34-48(73)68-50(36(3)4)52(60)76/h8-13,16-19,21-24,35-37,42-45,50-51,61,70H,14-15,20,25-34H2,1-7H3,(H2,60,76)(H,62,71)(H,63,77)(H,64,80)(H,65,78)(H,66,79)(H,67,81)(H,68,73)(H,69,72)(H,74,75)(H,82,83)/t42-,43-,44-,45-,50-,51-,59?/m0/s1. The van der Waals surface area contributed by atoms with Crippen LogP contribution in [0.1, 0.15) is 117 Å². The third-order valence-corrected chi connectivity index (χ3v) is 13.7. The van der Waals surface area contributed by atoms with Crippen LogP contribution in [0.3, 0.4) is 0 Å². The summed E-state index contributed by atoms with van der Waals surface area (Å²) in [6.45, 7) is 11.6. The number of hydrogen-bond acceptors (Lipinski definition) is 13. The van der Waals surface area contributed by atoms with E-state index in [1.165, 1.54) is 31.2 Å². The van der Waals surface area contributed by atoms with Crippen molar-refractivity contribution < 1.29 is 68.1 Å². The van der Waals surface area contributed by atoms with Gasteiger partial charge in [-0.1, -0.05) is 114 Å². The molecule has 14 N–H and O–H groups in total. The number of phenolic OH excluding ortho intramolecular Hbond substituents is 1. The molecule has 0 aliphatic heterocycles. The number of carboxylic acid groups (broad SMARTS) is 2. The van der Waals surface area contributed by atoms with Crippen LogP contribution in [-0.2, 0) is 71.1 Å². The van der Waals surface area contributed by atoms with Gasteiger partial charge in [0.1, 0.15) is 42.0 Å². The number of carbonyl (C=O) groups is 11. The molecular formula is C59H84N10O14. The Hall–Kier alpha value is -8.41. The SMILES string of the molecule is CC(C)C[C@H](NC(=O)[C@@H](NC(=O)CNCc1ccccc1)C(C)C)C(=O)N[C@@H](CCCCNC(=O)CCC(C)(C(=O)O)c1ccccc1)C(=O)N[C@@H](CCC(=O)O)C(=O)N[C@@H](Cc1ccc(O)cc1)C(=O)NCC(=O)N[C@H](C(N)=O)C(C)C. The summed E-state index contributed by atoms with van der Waals surface area (Å²) in [6, 6.07) is 15.5. The van der Waals surface area contributed by atoms with Crippen LogP contribution in [0.15, 0.2) is 84.9 Å². The molecular weight excluding hydrogens is 1070 g/mol. The van der Waals surface area contributed by atoms with Gasteiger partial charge in [0, 0.05) is 32.4 Å². The summed E-state index contributed by atoms with van der Waals surface area (Å²) in [6.07, 6.45) is -1.21. The molecule has 3 aromatic rings. The summed E-state index contributed by atoms with van der Waals surface area (Å²) in [5.74, 6) is -10.4. The number of hydrogen-bond donors (Lipinski definition) is 13. The molecule has 0 saturated carbocycles. The van der Waals surface area contributed by atoms with Gasteiger partial charge in [0.15, 0.2) is 0 Å². The maximum atomic E-state index is 14.5. The molecule has 454 valence electrons. The van der Waals surface area contributed by atoms with E-state index < -0.39 is 138 Å². The van der Waals surface area contributed by atoms with Gasteiger partial charge in [0.05, 0.1) is 18.5 Å². The van der Waals surface area contributed by atoms with Crippen LogP contribution in [0, 0.1) is 17.8 Å². The molecule has 24 heteroatoms. The number of aliphatic carboxylic acids is 2. The highest BCUT2D eigenvalue weighted by Gasteiger charge is 2.37. The number of nitrogens with two attached hydrogens (primary N) is 1. The predicted octanol–water partition coefficient (Wildman–Crippen LogP) is 1.57. The Labute approximate surface area is 484 Å². The maximum absolute atomic E-state index is 14.5. The first-order valence-electron chi connectivity index (χ1n) is 27.9. The quantitative estimate of drug-likeness (QED) is 0.0365. The van der Waals surface area contributed by atoms with Gasteiger partial charge >= 0.3 is 11.9 Å². The van der Waals surface area contributed by atoms with E-state index in [9.17, 15) is 68.1 Å². The van der Waals surface area contributed by atoms with Crippen LogP contribution in [0.25, 0.3) is 0 Å². The van der Waals surface area contributed by atoms with Crippen molar-refractivity contribution in [3.05, 3.63) is 102 Å². The first kappa shape index (κ1) is 68.9. The van der Waals surface area contributed by atoms with E-state index in [0.29, 0.717) is 17.7 Å². The number of unbranched alkanes of at least 4 members (excludes halogenated alkanes) is 1. The Balaban J connectivity index is 1.90. The Bertz CT molecular complexity index is 2660. The summed E-state index contributed by atoms with van der Waals surface area (Å²) in [4.78, 5) is 146. The van der Waals surface area contributed by atoms with Crippen LogP contribution < -0.4 is 53.6 Å². The number of phenols is 1. The molecule has 1 unspecified atom stereocenters. The van der Waals surface area contributed by atoms with Crippen molar-refractivity contribution in [2.75, 3.05) is 19.6 Å². The zero-order valence-electron chi connectivity index (χ0n) is 48.4. The number of aromatic hydroxyl groups is 1. The van der Waals surface area contributed by atoms with Gasteiger partial charge in [-0.25, -0.2) is 0 Å². The van der Waals surface area contributed by atoms with Crippen molar-refractivity contribution in [3.8, 4) is 5.75 Å². The van der Waals surface area contributed by atoms with Crippen LogP contribution in [0.2, 0.25) is 0 Å². The Morgan fingerprint density at radius 2 is 1.06 bits per heavy atom. The van der Waals surface area contributed by atoms with E-state index in [0.717, 1.165) is 5.56 Å². The lowest BCUT2D eigenvalue weighted by molar-refractivity contribution is -0.144. The molecule has 0 aliphatic carbocycles. The number of carboxylic acids is 2. The van der Waals surface area contributed by atoms with Crippen molar-refractivity contribution in [1.82, 2.24) is 47.9 Å². The molecule has 3 aromatic carbocycles. The summed E-state index contributed by atoms with van der Waals surface area (Å²) in [7, 11) is 0. The number of rotatable bonds is 37. The Morgan fingerprint density at radius 3 is 1.61 bits per heavy atom. The molecule has 0 saturated heterocycles. The fourth-order valence-corrected chi connectivity index (χ4v) is 8.75. The maximum Gasteiger partial charge on any atom is 0.313 e. The van der Waals surface area contributed by atoms with Crippen LogP contribution in [-0.4, -0.2) is 136 Å². The summed E-state index contributed by atoms with van der Waals surface area (Å²) in [5, 5.41) is 53.6. The van der Waals surface area contributed by atoms with Crippen LogP contribution in [0.4, 0.5) is 0 Å². The normalized spacial score (nSPS) is 14.0. The molecule has 24 nitrogen and oxygen atoms in total. The third kappa shape index (κ3) is 24.7. The van der Waals surface area contributed by atoms with Crippen LogP contribution >= 0.6 is 0 Å². The minimum atomic E-state index is -1.66. The number of amides is 9. The second-order valence-electron chi connectivity index (χ2n) is 21.8. The molecule has 7 atom stereocenters. The molecule has 0 aromatic heterocycles. The minimum Gasteiger partial charge on any atom is -0.508 e. The lowest BCUT2D eigenvalue weighted by atomic mass is 9.78. The van der Waals surface area contributed by atoms with E-state index in [4.69, 9.17) is 5.73 Å². The van der Waals surface area contributed by atoms with Crippen molar-refractivity contribution in [2.24, 2.45) is 23.5 Å². The molecule has 0 aliphatic rings. The van der Waals surface area contributed by atoms with Gasteiger partial charge in [0.25, 0.3) is 0 Å². The highest BCUT2D eigenvalue weighted by molar-refractivity contribution is 5.97. The van der Waals surface area contributed by atoms with Crippen molar-refractivity contribution in [3.63, 3.8) is 0 Å². The monoisotopic (exact) mass is 1160 g/mol. The fourth-order valence-electron chi connectivity index (χ4n) is 8.75. The number of carbonyl (C=O) groups excluding carboxylic acids is 9. The highest BCUT2D eigenvalue weighted by Crippen LogP contribution is 2.29. The molecule has 9 amide bonds. The number of nitrogens with one attached hydrogen (secondary N) is 9. The molecule has 0 fully saturated rings. The molecule has 0 bridgehead atoms. The highest BCUT2D eigenvalue weighted by atomic mass is 16.4. The van der Waals surface area contributed by atoms with Crippen molar-refractivity contribution in [2.45, 2.75) is 154 Å². The zero-order valence-corrected chi connectivity index (χ0v) is 48.4. The van der Waals surface area contributed by atoms with Crippen molar-refractivity contribution >= 4 is 65.1 Å². The third-order valence-electron chi connectivity index (χ3n) is 13.7. The van der Waals surface area contributed by atoms with E-state index in [1.54, 1.807) is 71.9 Å². The molecule has 0 radical (unpaired) electrons. The van der Waals surface area contributed by atoms with Gasteiger partial charge in [0.2, 0.25) is 53.2 Å². The van der Waals surface area contributed by atoms with Gasteiger partial charge in [-0.15, -0.1) is 0 Å². The number of benzene rings is 3. The molecule has 0 heterocycles. The molecule has 3 rings (SSSR count). The summed E-state index contributed by atoms with van der Waals surface area (Å²) < 4.78 is 0. The van der Waals surface area contributed by atoms with Gasteiger partial charge in [-0.2, -0.15) is 0 Å². The largest absolute Gasteiger partial charge is 0.508 e. The predicted molar refractivity (Wildman–Crippen MR) is 307 cm³/mol.